The number of thiazole rings is 1. The van der Waals surface area contributed by atoms with E-state index in [1.54, 1.807) is 0 Å². The summed E-state index contributed by atoms with van der Waals surface area (Å²) in [5.74, 6) is 1.28. The lowest BCUT2D eigenvalue weighted by Gasteiger charge is -2.31. The SMILES string of the molecule is NC1CC(c2csc(C3CCOCC3)n2)C1. The van der Waals surface area contributed by atoms with Gasteiger partial charge < -0.3 is 10.5 Å². The second kappa shape index (κ2) is 4.43. The Morgan fingerprint density at radius 2 is 2.00 bits per heavy atom. The fourth-order valence-corrected chi connectivity index (χ4v) is 3.60. The molecule has 2 fully saturated rings. The number of hydrogen-bond acceptors (Lipinski definition) is 4. The molecule has 2 N–H and O–H groups in total. The van der Waals surface area contributed by atoms with E-state index in [1.807, 2.05) is 11.3 Å². The van der Waals surface area contributed by atoms with Gasteiger partial charge in [-0.2, -0.15) is 0 Å². The second-order valence-corrected chi connectivity index (χ2v) is 5.82. The van der Waals surface area contributed by atoms with E-state index in [2.05, 4.69) is 5.38 Å². The molecule has 4 heteroatoms. The summed E-state index contributed by atoms with van der Waals surface area (Å²) >= 11 is 1.83. The van der Waals surface area contributed by atoms with Crippen molar-refractivity contribution in [3.8, 4) is 0 Å². The van der Waals surface area contributed by atoms with E-state index in [4.69, 9.17) is 15.5 Å². The highest BCUT2D eigenvalue weighted by molar-refractivity contribution is 7.09. The molecule has 0 amide bonds. The second-order valence-electron chi connectivity index (χ2n) is 4.93. The van der Waals surface area contributed by atoms with Gasteiger partial charge in [0.2, 0.25) is 0 Å². The molecular formula is C12H18N2OS. The van der Waals surface area contributed by atoms with Crippen molar-refractivity contribution in [1.82, 2.24) is 4.98 Å². The zero-order valence-corrected chi connectivity index (χ0v) is 10.2. The van der Waals surface area contributed by atoms with Crippen LogP contribution in [-0.4, -0.2) is 24.2 Å². The Balaban J connectivity index is 1.67. The van der Waals surface area contributed by atoms with Crippen LogP contribution in [0.15, 0.2) is 5.38 Å². The van der Waals surface area contributed by atoms with Gasteiger partial charge in [-0.05, 0) is 25.7 Å². The molecule has 16 heavy (non-hydrogen) atoms. The van der Waals surface area contributed by atoms with Gasteiger partial charge in [-0.25, -0.2) is 4.98 Å². The van der Waals surface area contributed by atoms with Crippen molar-refractivity contribution < 1.29 is 4.74 Å². The fraction of sp³-hybridized carbons (Fsp3) is 0.750. The van der Waals surface area contributed by atoms with Gasteiger partial charge in [-0.3, -0.25) is 0 Å². The van der Waals surface area contributed by atoms with Crippen LogP contribution in [0.3, 0.4) is 0 Å². The van der Waals surface area contributed by atoms with Gasteiger partial charge in [0, 0.05) is 36.5 Å². The van der Waals surface area contributed by atoms with Crippen molar-refractivity contribution in [1.29, 1.82) is 0 Å². The number of rotatable bonds is 2. The first-order valence-corrected chi connectivity index (χ1v) is 6.99. The molecule has 1 aromatic rings. The minimum absolute atomic E-state index is 0.415. The van der Waals surface area contributed by atoms with Crippen LogP contribution in [0, 0.1) is 0 Å². The molecule has 3 nitrogen and oxygen atoms in total. The average Bonchev–Trinajstić information content (AvgIpc) is 2.75. The Morgan fingerprint density at radius 1 is 1.25 bits per heavy atom. The number of nitrogens with two attached hydrogens (primary N) is 1. The molecule has 88 valence electrons. The minimum Gasteiger partial charge on any atom is -0.381 e. The first-order chi connectivity index (χ1) is 7.83. The van der Waals surface area contributed by atoms with E-state index >= 15 is 0 Å². The Labute approximate surface area is 100 Å². The van der Waals surface area contributed by atoms with Crippen molar-refractivity contribution in [2.45, 2.75) is 43.6 Å². The third-order valence-electron chi connectivity index (χ3n) is 3.70. The van der Waals surface area contributed by atoms with Gasteiger partial charge in [-0.1, -0.05) is 0 Å². The van der Waals surface area contributed by atoms with E-state index in [0.29, 0.717) is 17.9 Å². The first-order valence-electron chi connectivity index (χ1n) is 6.11. The molecule has 1 aliphatic heterocycles. The number of hydrogen-bond donors (Lipinski definition) is 1. The smallest absolute Gasteiger partial charge is 0.0961 e. The highest BCUT2D eigenvalue weighted by Crippen LogP contribution is 2.38. The van der Waals surface area contributed by atoms with Gasteiger partial charge in [0.15, 0.2) is 0 Å². The van der Waals surface area contributed by atoms with Crippen molar-refractivity contribution in [3.63, 3.8) is 0 Å². The van der Waals surface area contributed by atoms with E-state index in [0.717, 1.165) is 38.9 Å². The first kappa shape index (κ1) is 10.7. The number of nitrogens with zero attached hydrogens (tertiary/aromatic N) is 1. The Kier molecular flexibility index (Phi) is 2.96. The maximum Gasteiger partial charge on any atom is 0.0961 e. The van der Waals surface area contributed by atoms with Crippen LogP contribution in [0.5, 0.6) is 0 Å². The standard InChI is InChI=1S/C12H18N2OS/c13-10-5-9(6-10)11-7-16-12(14-11)8-1-3-15-4-2-8/h7-10H,1-6,13H2. The summed E-state index contributed by atoms with van der Waals surface area (Å²) in [5.41, 5.74) is 7.10. The Morgan fingerprint density at radius 3 is 2.69 bits per heavy atom. The molecule has 0 bridgehead atoms. The molecule has 1 saturated heterocycles. The molecule has 2 heterocycles. The minimum atomic E-state index is 0.415. The third kappa shape index (κ3) is 2.01. The number of aromatic nitrogens is 1. The van der Waals surface area contributed by atoms with Gasteiger partial charge in [-0.15, -0.1) is 11.3 Å². The summed E-state index contributed by atoms with van der Waals surface area (Å²) in [6.45, 7) is 1.79. The Hall–Kier alpha value is -0.450. The predicted molar refractivity (Wildman–Crippen MR) is 64.9 cm³/mol. The monoisotopic (exact) mass is 238 g/mol. The maximum absolute atomic E-state index is 5.81. The molecule has 0 spiro atoms. The molecule has 0 aromatic carbocycles. The summed E-state index contributed by atoms with van der Waals surface area (Å²) in [6.07, 6.45) is 4.52. The Bertz CT molecular complexity index is 354. The average molecular weight is 238 g/mol. The van der Waals surface area contributed by atoms with E-state index in [-0.39, 0.29) is 0 Å². The lowest BCUT2D eigenvalue weighted by molar-refractivity contribution is 0.0852. The highest BCUT2D eigenvalue weighted by atomic mass is 32.1. The van der Waals surface area contributed by atoms with Gasteiger partial charge >= 0.3 is 0 Å². The largest absolute Gasteiger partial charge is 0.381 e. The highest BCUT2D eigenvalue weighted by Gasteiger charge is 2.30. The summed E-state index contributed by atoms with van der Waals surface area (Å²) < 4.78 is 5.38. The molecule has 1 saturated carbocycles. The summed E-state index contributed by atoms with van der Waals surface area (Å²) in [5, 5.41) is 3.56. The van der Waals surface area contributed by atoms with E-state index in [1.165, 1.54) is 10.7 Å². The van der Waals surface area contributed by atoms with Gasteiger partial charge in [0.05, 0.1) is 10.7 Å². The molecule has 0 atom stereocenters. The van der Waals surface area contributed by atoms with Crippen LogP contribution in [-0.2, 0) is 4.74 Å². The third-order valence-corrected chi connectivity index (χ3v) is 4.73. The quantitative estimate of drug-likeness (QED) is 0.859. The summed E-state index contributed by atoms with van der Waals surface area (Å²) in [4.78, 5) is 4.80. The van der Waals surface area contributed by atoms with Crippen LogP contribution in [0.1, 0.15) is 48.2 Å². The van der Waals surface area contributed by atoms with Crippen molar-refractivity contribution >= 4 is 11.3 Å². The molecule has 1 aromatic heterocycles. The van der Waals surface area contributed by atoms with E-state index < -0.39 is 0 Å². The van der Waals surface area contributed by atoms with Crippen LogP contribution in [0.4, 0.5) is 0 Å². The molecule has 0 unspecified atom stereocenters. The topological polar surface area (TPSA) is 48.1 Å². The molecule has 0 radical (unpaired) electrons. The van der Waals surface area contributed by atoms with Gasteiger partial charge in [0.1, 0.15) is 0 Å². The van der Waals surface area contributed by atoms with Crippen LogP contribution in [0.2, 0.25) is 0 Å². The van der Waals surface area contributed by atoms with Crippen LogP contribution >= 0.6 is 11.3 Å². The molecular weight excluding hydrogens is 220 g/mol. The molecule has 1 aliphatic carbocycles. The summed E-state index contributed by atoms with van der Waals surface area (Å²) in [7, 11) is 0. The van der Waals surface area contributed by atoms with Crippen molar-refractivity contribution in [2.75, 3.05) is 13.2 Å². The zero-order chi connectivity index (χ0) is 11.0. The summed E-state index contributed by atoms with van der Waals surface area (Å²) in [6, 6.07) is 0.415. The fourth-order valence-electron chi connectivity index (χ4n) is 2.52. The number of ether oxygens (including phenoxy) is 1. The lowest BCUT2D eigenvalue weighted by atomic mass is 9.79. The van der Waals surface area contributed by atoms with Crippen molar-refractivity contribution in [3.05, 3.63) is 16.1 Å². The van der Waals surface area contributed by atoms with Crippen molar-refractivity contribution in [2.24, 2.45) is 5.73 Å². The van der Waals surface area contributed by atoms with Crippen LogP contribution < -0.4 is 5.73 Å². The zero-order valence-electron chi connectivity index (χ0n) is 9.39. The lowest BCUT2D eigenvalue weighted by Crippen LogP contribution is -2.34. The predicted octanol–water partition coefficient (Wildman–Crippen LogP) is 2.24. The van der Waals surface area contributed by atoms with Crippen LogP contribution in [0.25, 0.3) is 0 Å². The van der Waals surface area contributed by atoms with Gasteiger partial charge in [0.25, 0.3) is 0 Å². The molecule has 2 aliphatic rings. The van der Waals surface area contributed by atoms with E-state index in [9.17, 15) is 0 Å². The normalized spacial score (nSPS) is 31.3. The maximum atomic E-state index is 5.81. The molecule has 3 rings (SSSR count).